The van der Waals surface area contributed by atoms with Crippen LogP contribution in [0.1, 0.15) is 26.3 Å². The fourth-order valence-corrected chi connectivity index (χ4v) is 1.81. The number of primary amides is 1. The van der Waals surface area contributed by atoms with Gasteiger partial charge in [-0.05, 0) is 36.8 Å². The molecule has 2 rings (SSSR count). The first-order chi connectivity index (χ1) is 9.90. The van der Waals surface area contributed by atoms with E-state index in [-0.39, 0.29) is 16.8 Å². The van der Waals surface area contributed by atoms with Crippen molar-refractivity contribution in [2.24, 2.45) is 5.73 Å². The lowest BCUT2D eigenvalue weighted by Crippen LogP contribution is -2.17. The minimum absolute atomic E-state index is 0.139. The van der Waals surface area contributed by atoms with Crippen molar-refractivity contribution >= 4 is 17.5 Å². The largest absolute Gasteiger partial charge is 0.366 e. The first kappa shape index (κ1) is 14.6. The SMILES string of the molecule is Cc1cccc(C(=O)Nc2ccc(F)c(C(N)=O)c2)c1F. The van der Waals surface area contributed by atoms with Gasteiger partial charge in [0.15, 0.2) is 0 Å². The predicted octanol–water partition coefficient (Wildman–Crippen LogP) is 2.62. The number of carbonyl (C=O) groups excluding carboxylic acids is 2. The molecule has 2 amide bonds. The van der Waals surface area contributed by atoms with Gasteiger partial charge in [0, 0.05) is 5.69 Å². The van der Waals surface area contributed by atoms with Crippen LogP contribution in [-0.2, 0) is 0 Å². The highest BCUT2D eigenvalue weighted by Gasteiger charge is 2.15. The molecule has 108 valence electrons. The fourth-order valence-electron chi connectivity index (χ4n) is 1.81. The van der Waals surface area contributed by atoms with E-state index in [1.54, 1.807) is 6.07 Å². The Balaban J connectivity index is 2.30. The molecular formula is C15H12F2N2O2. The summed E-state index contributed by atoms with van der Waals surface area (Å²) in [5, 5.41) is 2.40. The van der Waals surface area contributed by atoms with Crippen LogP contribution in [0.4, 0.5) is 14.5 Å². The Morgan fingerprint density at radius 3 is 2.48 bits per heavy atom. The van der Waals surface area contributed by atoms with Gasteiger partial charge in [0.25, 0.3) is 11.8 Å². The molecule has 2 aromatic rings. The van der Waals surface area contributed by atoms with E-state index in [4.69, 9.17) is 5.73 Å². The zero-order valence-electron chi connectivity index (χ0n) is 11.1. The molecule has 3 N–H and O–H groups in total. The average molecular weight is 290 g/mol. The van der Waals surface area contributed by atoms with Crippen molar-refractivity contribution in [2.75, 3.05) is 5.32 Å². The lowest BCUT2D eigenvalue weighted by Gasteiger charge is -2.08. The maximum absolute atomic E-state index is 13.8. The summed E-state index contributed by atoms with van der Waals surface area (Å²) in [7, 11) is 0. The number of rotatable bonds is 3. The molecule has 0 heterocycles. The van der Waals surface area contributed by atoms with E-state index < -0.39 is 23.4 Å². The lowest BCUT2D eigenvalue weighted by atomic mass is 10.1. The Kier molecular flexibility index (Phi) is 3.98. The molecule has 2 aromatic carbocycles. The summed E-state index contributed by atoms with van der Waals surface area (Å²) in [4.78, 5) is 23.0. The van der Waals surface area contributed by atoms with Crippen LogP contribution in [0.3, 0.4) is 0 Å². The number of nitrogens with one attached hydrogen (secondary N) is 1. The van der Waals surface area contributed by atoms with E-state index in [9.17, 15) is 18.4 Å². The molecule has 0 atom stereocenters. The monoisotopic (exact) mass is 290 g/mol. The molecule has 0 aliphatic carbocycles. The van der Waals surface area contributed by atoms with E-state index in [0.29, 0.717) is 5.56 Å². The van der Waals surface area contributed by atoms with Gasteiger partial charge in [0.2, 0.25) is 0 Å². The highest BCUT2D eigenvalue weighted by Crippen LogP contribution is 2.17. The smallest absolute Gasteiger partial charge is 0.258 e. The van der Waals surface area contributed by atoms with Gasteiger partial charge >= 0.3 is 0 Å². The van der Waals surface area contributed by atoms with Crippen LogP contribution in [0.25, 0.3) is 0 Å². The first-order valence-corrected chi connectivity index (χ1v) is 6.06. The van der Waals surface area contributed by atoms with Gasteiger partial charge < -0.3 is 11.1 Å². The number of amides is 2. The van der Waals surface area contributed by atoms with Crippen LogP contribution >= 0.6 is 0 Å². The number of aryl methyl sites for hydroxylation is 1. The van der Waals surface area contributed by atoms with E-state index in [0.717, 1.165) is 12.1 Å². The van der Waals surface area contributed by atoms with Crippen molar-refractivity contribution in [2.45, 2.75) is 6.92 Å². The number of nitrogens with two attached hydrogens (primary N) is 1. The molecule has 0 aliphatic rings. The van der Waals surface area contributed by atoms with Crippen LogP contribution in [0.5, 0.6) is 0 Å². The van der Waals surface area contributed by atoms with Crippen molar-refractivity contribution in [3.63, 3.8) is 0 Å². The molecule has 0 bridgehead atoms. The molecule has 0 saturated carbocycles. The average Bonchev–Trinajstić information content (AvgIpc) is 2.43. The maximum atomic E-state index is 13.8. The first-order valence-electron chi connectivity index (χ1n) is 6.06. The number of carbonyl (C=O) groups is 2. The van der Waals surface area contributed by atoms with Gasteiger partial charge in [-0.2, -0.15) is 0 Å². The topological polar surface area (TPSA) is 72.2 Å². The molecule has 0 aromatic heterocycles. The van der Waals surface area contributed by atoms with Crippen molar-refractivity contribution < 1.29 is 18.4 Å². The van der Waals surface area contributed by atoms with Crippen LogP contribution in [0.15, 0.2) is 36.4 Å². The Labute approximate surface area is 119 Å². The van der Waals surface area contributed by atoms with E-state index in [2.05, 4.69) is 5.32 Å². The quantitative estimate of drug-likeness (QED) is 0.912. The van der Waals surface area contributed by atoms with E-state index >= 15 is 0 Å². The normalized spacial score (nSPS) is 10.2. The minimum atomic E-state index is -0.953. The van der Waals surface area contributed by atoms with E-state index in [1.807, 2.05) is 0 Å². The molecule has 0 unspecified atom stereocenters. The van der Waals surface area contributed by atoms with Gasteiger partial charge in [-0.25, -0.2) is 8.78 Å². The van der Waals surface area contributed by atoms with Gasteiger partial charge in [0.1, 0.15) is 11.6 Å². The molecule has 6 heteroatoms. The molecule has 21 heavy (non-hydrogen) atoms. The molecule has 0 fully saturated rings. The second kappa shape index (κ2) is 5.70. The third kappa shape index (κ3) is 3.05. The Bertz CT molecular complexity index is 730. The van der Waals surface area contributed by atoms with Crippen LogP contribution in [0.2, 0.25) is 0 Å². The molecule has 0 saturated heterocycles. The summed E-state index contributed by atoms with van der Waals surface area (Å²) >= 11 is 0. The molecule has 0 spiro atoms. The Morgan fingerprint density at radius 1 is 1.10 bits per heavy atom. The second-order valence-electron chi connectivity index (χ2n) is 4.45. The van der Waals surface area contributed by atoms with Gasteiger partial charge in [-0.3, -0.25) is 9.59 Å². The van der Waals surface area contributed by atoms with Crippen molar-refractivity contribution in [3.05, 3.63) is 64.7 Å². The third-order valence-electron chi connectivity index (χ3n) is 2.93. The highest BCUT2D eigenvalue weighted by atomic mass is 19.1. The highest BCUT2D eigenvalue weighted by molar-refractivity contribution is 6.05. The summed E-state index contributed by atoms with van der Waals surface area (Å²) in [5.74, 6) is -3.07. The van der Waals surface area contributed by atoms with Gasteiger partial charge in [-0.15, -0.1) is 0 Å². The summed E-state index contributed by atoms with van der Waals surface area (Å²) in [6.45, 7) is 1.54. The summed E-state index contributed by atoms with van der Waals surface area (Å²) in [6, 6.07) is 7.77. The van der Waals surface area contributed by atoms with E-state index in [1.165, 1.54) is 25.1 Å². The zero-order valence-corrected chi connectivity index (χ0v) is 11.1. The van der Waals surface area contributed by atoms with Crippen molar-refractivity contribution in [1.29, 1.82) is 0 Å². The standard InChI is InChI=1S/C15H12F2N2O2/c1-8-3-2-4-10(13(8)17)15(21)19-9-5-6-12(16)11(7-9)14(18)20/h2-7H,1H3,(H2,18,20)(H,19,21). The van der Waals surface area contributed by atoms with Crippen molar-refractivity contribution in [1.82, 2.24) is 0 Å². The van der Waals surface area contributed by atoms with Gasteiger partial charge in [0.05, 0.1) is 11.1 Å². The summed E-state index contributed by atoms with van der Waals surface area (Å²) in [6.07, 6.45) is 0. The fraction of sp³-hybridized carbons (Fsp3) is 0.0667. The van der Waals surface area contributed by atoms with Gasteiger partial charge in [-0.1, -0.05) is 12.1 Å². The van der Waals surface area contributed by atoms with Crippen LogP contribution in [-0.4, -0.2) is 11.8 Å². The molecule has 4 nitrogen and oxygen atoms in total. The number of benzene rings is 2. The third-order valence-corrected chi connectivity index (χ3v) is 2.93. The Hall–Kier alpha value is -2.76. The zero-order chi connectivity index (χ0) is 15.6. The minimum Gasteiger partial charge on any atom is -0.366 e. The molecule has 0 radical (unpaired) electrons. The number of halogens is 2. The summed E-state index contributed by atoms with van der Waals surface area (Å²) in [5.41, 5.74) is 5.01. The second-order valence-corrected chi connectivity index (χ2v) is 4.45. The predicted molar refractivity (Wildman–Crippen MR) is 74.0 cm³/mol. The number of anilines is 1. The lowest BCUT2D eigenvalue weighted by molar-refractivity contribution is 0.0992. The Morgan fingerprint density at radius 2 is 1.81 bits per heavy atom. The molecule has 0 aliphatic heterocycles. The molecular weight excluding hydrogens is 278 g/mol. The maximum Gasteiger partial charge on any atom is 0.258 e. The van der Waals surface area contributed by atoms with Crippen LogP contribution in [0, 0.1) is 18.6 Å². The number of hydrogen-bond donors (Lipinski definition) is 2. The van der Waals surface area contributed by atoms with Crippen molar-refractivity contribution in [3.8, 4) is 0 Å². The summed E-state index contributed by atoms with van der Waals surface area (Å²) < 4.78 is 27.2. The number of hydrogen-bond acceptors (Lipinski definition) is 2. The van der Waals surface area contributed by atoms with Crippen LogP contribution < -0.4 is 11.1 Å².